The second-order valence-electron chi connectivity index (χ2n) is 14.3. The lowest BCUT2D eigenvalue weighted by Crippen LogP contribution is -2.63. The monoisotopic (exact) mass is 682 g/mol. The lowest BCUT2D eigenvalue weighted by atomic mass is 9.44. The Kier molecular flexibility index (Phi) is 9.10. The molecular formula is C35H43FN4O7S. The molecule has 0 spiro atoms. The molecular weight excluding hydrogens is 639 g/mol. The molecule has 2 amide bonds. The highest BCUT2D eigenvalue weighted by molar-refractivity contribution is 8.13. The summed E-state index contributed by atoms with van der Waals surface area (Å²) in [5.74, 6) is -1.70. The van der Waals surface area contributed by atoms with Gasteiger partial charge >= 0.3 is 5.97 Å². The van der Waals surface area contributed by atoms with E-state index < -0.39 is 51.4 Å². The topological polar surface area (TPSA) is 163 Å². The van der Waals surface area contributed by atoms with Crippen molar-refractivity contribution >= 4 is 40.7 Å². The summed E-state index contributed by atoms with van der Waals surface area (Å²) >= 11 is 0.525. The minimum absolute atomic E-state index is 0.0289. The van der Waals surface area contributed by atoms with Crippen LogP contribution >= 0.6 is 11.8 Å². The van der Waals surface area contributed by atoms with Gasteiger partial charge in [-0.1, -0.05) is 32.4 Å². The first-order chi connectivity index (χ1) is 22.8. The summed E-state index contributed by atoms with van der Waals surface area (Å²) in [4.78, 5) is 50.2. The van der Waals surface area contributed by atoms with Crippen LogP contribution in [0, 0.1) is 34.5 Å². The normalized spacial score (nSPS) is 33.4. The summed E-state index contributed by atoms with van der Waals surface area (Å²) in [6, 6.07) is 6.08. The largest absolute Gasteiger partial charge is 0.448 e. The van der Waals surface area contributed by atoms with Crippen molar-refractivity contribution < 1.29 is 38.1 Å². The van der Waals surface area contributed by atoms with Gasteiger partial charge in [0.1, 0.15) is 12.6 Å². The molecule has 4 aliphatic rings. The van der Waals surface area contributed by atoms with Crippen LogP contribution in [0.3, 0.4) is 0 Å². The number of ether oxygens (including phenoxy) is 2. The number of rotatable bonds is 9. The number of esters is 1. The number of allylic oxidation sites excluding steroid dienone is 1. The van der Waals surface area contributed by atoms with Crippen LogP contribution in [0.15, 0.2) is 36.0 Å². The number of nitrogens with zero attached hydrogens (tertiary/aromatic N) is 2. The number of carbonyl (C=O) groups is 4. The first kappa shape index (κ1) is 34.3. The smallest absolute Gasteiger partial charge is 0.333 e. The Morgan fingerprint density at radius 2 is 2.02 bits per heavy atom. The second-order valence-corrected chi connectivity index (χ2v) is 15.2. The number of aliphatic hydroxyl groups is 1. The Morgan fingerprint density at radius 3 is 2.73 bits per heavy atom. The molecule has 8 atom stereocenters. The molecule has 0 bridgehead atoms. The number of fused-ring (bicyclic) bond motifs is 6. The number of hydrogen-bond acceptors (Lipinski definition) is 9. The van der Waals surface area contributed by atoms with Crippen LogP contribution in [-0.2, 0) is 30.3 Å². The van der Waals surface area contributed by atoms with Crippen molar-refractivity contribution in [3.63, 3.8) is 0 Å². The molecule has 3 fully saturated rings. The van der Waals surface area contributed by atoms with Crippen molar-refractivity contribution in [2.75, 3.05) is 26.3 Å². The van der Waals surface area contributed by atoms with Gasteiger partial charge in [0.25, 0.3) is 5.91 Å². The number of alkyl halides is 1. The maximum Gasteiger partial charge on any atom is 0.333 e. The van der Waals surface area contributed by atoms with Crippen LogP contribution in [0.5, 0.6) is 0 Å². The molecule has 4 N–H and O–H groups in total. The van der Waals surface area contributed by atoms with Gasteiger partial charge in [-0.3, -0.25) is 14.4 Å². The number of amides is 2. The summed E-state index contributed by atoms with van der Waals surface area (Å²) in [7, 11) is 1.37. The number of thioether (sulfide) groups is 1. The lowest BCUT2D eigenvalue weighted by molar-refractivity contribution is -0.199. The van der Waals surface area contributed by atoms with Gasteiger partial charge in [-0.2, -0.15) is 5.10 Å². The number of benzene rings is 1. The number of primary amides is 1. The third-order valence-electron chi connectivity index (χ3n) is 11.7. The maximum absolute atomic E-state index is 13.6. The van der Waals surface area contributed by atoms with Gasteiger partial charge in [-0.05, 0) is 103 Å². The highest BCUT2D eigenvalue weighted by atomic mass is 32.2. The maximum atomic E-state index is 13.6. The van der Waals surface area contributed by atoms with Gasteiger partial charge in [-0.15, -0.1) is 0 Å². The van der Waals surface area contributed by atoms with E-state index in [-0.39, 0.29) is 49.7 Å². The first-order valence-electron chi connectivity index (χ1n) is 16.4. The number of hydrogen-bond donors (Lipinski definition) is 3. The molecule has 48 heavy (non-hydrogen) atoms. The summed E-state index contributed by atoms with van der Waals surface area (Å²) in [5, 5.41) is 18.8. The molecule has 13 heteroatoms. The average molecular weight is 683 g/mol. The molecule has 4 aliphatic carbocycles. The Bertz CT molecular complexity index is 1680. The molecule has 3 saturated carbocycles. The predicted octanol–water partition coefficient (Wildman–Crippen LogP) is 3.60. The van der Waals surface area contributed by atoms with E-state index in [4.69, 9.17) is 20.3 Å². The third-order valence-corrected chi connectivity index (χ3v) is 12.4. The first-order valence-corrected chi connectivity index (χ1v) is 17.4. The number of methoxy groups -OCH3 is 1. The number of carbonyl (C=O) groups excluding carboxylic acids is 4. The van der Waals surface area contributed by atoms with Crippen LogP contribution in [0.25, 0.3) is 11.8 Å². The molecule has 1 aromatic heterocycles. The highest BCUT2D eigenvalue weighted by Crippen LogP contribution is 2.69. The van der Waals surface area contributed by atoms with Gasteiger partial charge in [0.2, 0.25) is 11.0 Å². The fourth-order valence-corrected chi connectivity index (χ4v) is 10.6. The van der Waals surface area contributed by atoms with Crippen LogP contribution in [0.1, 0.15) is 68.1 Å². The molecule has 2 aromatic rings. The molecule has 0 saturated heterocycles. The van der Waals surface area contributed by atoms with Crippen molar-refractivity contribution in [1.29, 1.82) is 0 Å². The van der Waals surface area contributed by atoms with Crippen molar-refractivity contribution in [1.82, 2.24) is 15.1 Å². The highest BCUT2D eigenvalue weighted by Gasteiger charge is 2.71. The van der Waals surface area contributed by atoms with E-state index in [0.717, 1.165) is 17.7 Å². The Labute approximate surface area is 283 Å². The molecule has 258 valence electrons. The molecule has 11 nitrogen and oxygen atoms in total. The molecule has 6 rings (SSSR count). The quantitative estimate of drug-likeness (QED) is 0.336. The third kappa shape index (κ3) is 5.38. The lowest BCUT2D eigenvalue weighted by Gasteiger charge is -2.61. The number of aliphatic hydroxyl groups excluding tert-OH is 1. The van der Waals surface area contributed by atoms with E-state index in [9.17, 15) is 28.7 Å². The Morgan fingerprint density at radius 1 is 1.25 bits per heavy atom. The second kappa shape index (κ2) is 12.7. The van der Waals surface area contributed by atoms with E-state index >= 15 is 0 Å². The van der Waals surface area contributed by atoms with Crippen LogP contribution in [0.2, 0.25) is 0 Å². The fraction of sp³-hybridized carbons (Fsp3) is 0.571. The van der Waals surface area contributed by atoms with E-state index in [2.05, 4.69) is 25.2 Å². The van der Waals surface area contributed by atoms with Gasteiger partial charge in [0.15, 0.2) is 5.60 Å². The standard InChI is InChI=1S/C35H43FN4O7S/c1-19-10-23-24-8-9-35(32(45)48-18-36,47-29(43)17-46-4)34(24,3)14-27(41)30(23)33(2)13-21-15-39-40(26(21)12-25(19)33)22-7-5-6-20(11-22)31(44)38-16-28(37)42/h5-7,11-12,15,19,23-24,27,30,41H,8-10,13-14,16-18H2,1-4H3,(H2,37,42)(H,38,44)/t19-,23-,24-,27-,30+,33-,34-,35-/m0/s1. The Balaban J connectivity index is 1.33. The zero-order valence-electron chi connectivity index (χ0n) is 27.7. The van der Waals surface area contributed by atoms with Gasteiger partial charge < -0.3 is 25.6 Å². The minimum atomic E-state index is -1.55. The molecule has 0 radical (unpaired) electrons. The summed E-state index contributed by atoms with van der Waals surface area (Å²) < 4.78 is 26.3. The van der Waals surface area contributed by atoms with Gasteiger partial charge in [-0.25, -0.2) is 13.9 Å². The van der Waals surface area contributed by atoms with Crippen molar-refractivity contribution in [3.8, 4) is 5.69 Å². The van der Waals surface area contributed by atoms with Crippen LogP contribution in [-0.4, -0.2) is 75.8 Å². The van der Waals surface area contributed by atoms with Crippen molar-refractivity contribution in [2.24, 2.45) is 40.2 Å². The van der Waals surface area contributed by atoms with Gasteiger partial charge in [0, 0.05) is 18.1 Å². The summed E-state index contributed by atoms with van der Waals surface area (Å²) in [5.41, 5.74) is 6.55. The van der Waals surface area contributed by atoms with Gasteiger partial charge in [0.05, 0.1) is 30.2 Å². The van der Waals surface area contributed by atoms with E-state index in [0.29, 0.717) is 35.9 Å². The van der Waals surface area contributed by atoms with Crippen molar-refractivity contribution in [2.45, 2.75) is 64.6 Å². The number of halogens is 1. The van der Waals surface area contributed by atoms with E-state index in [1.165, 1.54) is 12.7 Å². The molecule has 0 aliphatic heterocycles. The number of aromatic nitrogens is 2. The molecule has 1 aromatic carbocycles. The summed E-state index contributed by atoms with van der Waals surface area (Å²) in [6.07, 6.45) is 5.77. The van der Waals surface area contributed by atoms with Crippen LogP contribution in [0.4, 0.5) is 4.39 Å². The predicted molar refractivity (Wildman–Crippen MR) is 176 cm³/mol. The fourth-order valence-electron chi connectivity index (χ4n) is 9.92. The molecule has 0 unspecified atom stereocenters. The van der Waals surface area contributed by atoms with Crippen molar-refractivity contribution in [3.05, 3.63) is 52.9 Å². The summed E-state index contributed by atoms with van der Waals surface area (Å²) in [6.45, 7) is 5.76. The van der Waals surface area contributed by atoms with E-state index in [1.54, 1.807) is 18.2 Å². The Hall–Kier alpha value is -3.55. The minimum Gasteiger partial charge on any atom is -0.448 e. The zero-order chi connectivity index (χ0) is 34.6. The van der Waals surface area contributed by atoms with E-state index in [1.807, 2.05) is 23.9 Å². The number of nitrogens with one attached hydrogen (secondary N) is 1. The SMILES string of the molecule is COCC(=O)O[C@]1(C(=O)SCF)CC[C@H]2[C@@H]3C[C@H](C)C4=Cc5c(cnn5-c5cccc(C(=O)NCC(N)=O)c5)C[C@]4(C)[C@H]3[C@@H](O)C[C@@]21C. The van der Waals surface area contributed by atoms with Crippen LogP contribution < -0.4 is 11.1 Å². The average Bonchev–Trinajstić information content (AvgIpc) is 3.57. The zero-order valence-corrected chi connectivity index (χ0v) is 28.5. The molecule has 1 heterocycles. The number of nitrogens with two attached hydrogens (primary N) is 1.